The zero-order chi connectivity index (χ0) is 15.8. The van der Waals surface area contributed by atoms with Crippen LogP contribution in [0.2, 0.25) is 0 Å². The van der Waals surface area contributed by atoms with Crippen LogP contribution in [0.5, 0.6) is 5.75 Å². The van der Waals surface area contributed by atoms with Crippen molar-refractivity contribution in [2.75, 3.05) is 0 Å². The van der Waals surface area contributed by atoms with E-state index in [0.717, 1.165) is 42.0 Å². The van der Waals surface area contributed by atoms with Gasteiger partial charge in [0, 0.05) is 37.3 Å². The number of hydrogen-bond donors (Lipinski definition) is 0. The second-order valence-electron chi connectivity index (χ2n) is 6.26. The molecule has 2 saturated heterocycles. The maximum absolute atomic E-state index is 12.9. The van der Waals surface area contributed by atoms with Gasteiger partial charge in [0.15, 0.2) is 0 Å². The van der Waals surface area contributed by atoms with Gasteiger partial charge in [0.2, 0.25) is 0 Å². The fourth-order valence-corrected chi connectivity index (χ4v) is 4.53. The Kier molecular flexibility index (Phi) is 3.77. The number of carbonyl (C=O) groups excluding carboxylic acids is 1. The van der Waals surface area contributed by atoms with E-state index < -0.39 is 0 Å². The van der Waals surface area contributed by atoms with E-state index in [1.807, 2.05) is 19.1 Å². The van der Waals surface area contributed by atoms with E-state index in [1.54, 1.807) is 17.9 Å². The molecule has 2 bridgehead atoms. The molecule has 2 fully saturated rings. The van der Waals surface area contributed by atoms with E-state index in [-0.39, 0.29) is 24.1 Å². The summed E-state index contributed by atoms with van der Waals surface area (Å²) in [6, 6.07) is 4.35. The van der Waals surface area contributed by atoms with Gasteiger partial charge in [0.05, 0.1) is 11.2 Å². The summed E-state index contributed by atoms with van der Waals surface area (Å²) in [6.45, 7) is 1.91. The molecule has 1 amide bonds. The van der Waals surface area contributed by atoms with Crippen LogP contribution in [0, 0.1) is 6.92 Å². The number of piperidine rings is 1. The summed E-state index contributed by atoms with van der Waals surface area (Å²) in [5.74, 6) is 1.02. The predicted octanol–water partition coefficient (Wildman–Crippen LogP) is 3.06. The number of hydrogen-bond acceptors (Lipinski definition) is 5. The molecule has 2 atom stereocenters. The Morgan fingerprint density at radius 2 is 1.96 bits per heavy atom. The lowest BCUT2D eigenvalue weighted by atomic mass is 9.99. The largest absolute Gasteiger partial charge is 0.490 e. The number of ether oxygens (including phenoxy) is 1. The summed E-state index contributed by atoms with van der Waals surface area (Å²) in [5.41, 5.74) is 2.60. The van der Waals surface area contributed by atoms with Gasteiger partial charge < -0.3 is 9.64 Å². The Morgan fingerprint density at radius 1 is 1.26 bits per heavy atom. The second-order valence-corrected chi connectivity index (χ2v) is 7.11. The number of nitrogens with zero attached hydrogens (tertiary/aromatic N) is 3. The number of pyridine rings is 1. The van der Waals surface area contributed by atoms with Crippen LogP contribution in [0.3, 0.4) is 0 Å². The molecule has 4 rings (SSSR count). The molecule has 6 heteroatoms. The minimum absolute atomic E-state index is 0.153. The van der Waals surface area contributed by atoms with Crippen LogP contribution in [0.4, 0.5) is 0 Å². The molecule has 0 spiro atoms. The first-order chi connectivity index (χ1) is 11.2. The molecule has 2 aliphatic rings. The highest BCUT2D eigenvalue weighted by Gasteiger charge is 2.44. The number of amides is 1. The number of rotatable bonds is 3. The summed E-state index contributed by atoms with van der Waals surface area (Å²) in [4.78, 5) is 24.0. The van der Waals surface area contributed by atoms with Gasteiger partial charge >= 0.3 is 0 Å². The summed E-state index contributed by atoms with van der Waals surface area (Å²) < 4.78 is 6.09. The molecule has 5 nitrogen and oxygen atoms in total. The van der Waals surface area contributed by atoms with Crippen LogP contribution >= 0.6 is 11.3 Å². The minimum Gasteiger partial charge on any atom is -0.490 e. The molecule has 2 unspecified atom stereocenters. The van der Waals surface area contributed by atoms with Crippen LogP contribution in [0.1, 0.15) is 41.0 Å². The van der Waals surface area contributed by atoms with E-state index in [1.165, 1.54) is 11.3 Å². The summed E-state index contributed by atoms with van der Waals surface area (Å²) in [7, 11) is 0. The normalized spacial score (nSPS) is 26.3. The fraction of sp³-hybridized carbons (Fsp3) is 0.471. The van der Waals surface area contributed by atoms with Gasteiger partial charge in [-0.3, -0.25) is 9.78 Å². The highest BCUT2D eigenvalue weighted by atomic mass is 32.1. The van der Waals surface area contributed by atoms with Gasteiger partial charge in [-0.05, 0) is 31.9 Å². The van der Waals surface area contributed by atoms with Crippen molar-refractivity contribution >= 4 is 17.2 Å². The zero-order valence-electron chi connectivity index (χ0n) is 13.0. The Hall–Kier alpha value is -1.95. The third-order valence-electron chi connectivity index (χ3n) is 4.82. The third kappa shape index (κ3) is 2.72. The summed E-state index contributed by atoms with van der Waals surface area (Å²) in [6.07, 6.45) is 7.63. The lowest BCUT2D eigenvalue weighted by Crippen LogP contribution is -2.49. The molecule has 2 aromatic rings. The number of carbonyl (C=O) groups is 1. The Bertz CT molecular complexity index is 689. The molecule has 2 aromatic heterocycles. The average molecular weight is 329 g/mol. The highest BCUT2D eigenvalue weighted by Crippen LogP contribution is 2.38. The SMILES string of the molecule is Cc1ncsc1C(=O)N1C2CCC1CC(Oc1ccncc1)C2. The van der Waals surface area contributed by atoms with Crippen LogP contribution in [-0.2, 0) is 0 Å². The molecule has 0 aromatic carbocycles. The zero-order valence-corrected chi connectivity index (χ0v) is 13.8. The van der Waals surface area contributed by atoms with Gasteiger partial charge in [0.25, 0.3) is 5.91 Å². The van der Waals surface area contributed by atoms with Crippen molar-refractivity contribution < 1.29 is 9.53 Å². The number of fused-ring (bicyclic) bond motifs is 2. The maximum Gasteiger partial charge on any atom is 0.266 e. The van der Waals surface area contributed by atoms with Gasteiger partial charge in [0.1, 0.15) is 16.7 Å². The number of aryl methyl sites for hydroxylation is 1. The van der Waals surface area contributed by atoms with Gasteiger partial charge in [-0.25, -0.2) is 4.98 Å². The van der Waals surface area contributed by atoms with Crippen LogP contribution in [0.15, 0.2) is 30.0 Å². The molecule has 4 heterocycles. The second kappa shape index (κ2) is 5.92. The Morgan fingerprint density at radius 3 is 2.57 bits per heavy atom. The van der Waals surface area contributed by atoms with Crippen molar-refractivity contribution in [2.24, 2.45) is 0 Å². The van der Waals surface area contributed by atoms with Gasteiger partial charge in [-0.1, -0.05) is 0 Å². The number of aromatic nitrogens is 2. The smallest absolute Gasteiger partial charge is 0.266 e. The molecule has 120 valence electrons. The lowest BCUT2D eigenvalue weighted by molar-refractivity contribution is 0.0362. The van der Waals surface area contributed by atoms with Crippen molar-refractivity contribution in [1.82, 2.24) is 14.9 Å². The van der Waals surface area contributed by atoms with Crippen molar-refractivity contribution in [3.8, 4) is 5.75 Å². The first kappa shape index (κ1) is 14.6. The minimum atomic E-state index is 0.153. The lowest BCUT2D eigenvalue weighted by Gasteiger charge is -2.38. The van der Waals surface area contributed by atoms with E-state index >= 15 is 0 Å². The van der Waals surface area contributed by atoms with Crippen LogP contribution < -0.4 is 4.74 Å². The average Bonchev–Trinajstić information content (AvgIpc) is 3.09. The van der Waals surface area contributed by atoms with Crippen molar-refractivity contribution in [3.05, 3.63) is 40.6 Å². The van der Waals surface area contributed by atoms with Crippen LogP contribution in [-0.4, -0.2) is 39.0 Å². The molecule has 23 heavy (non-hydrogen) atoms. The molecule has 2 aliphatic heterocycles. The monoisotopic (exact) mass is 329 g/mol. The van der Waals surface area contributed by atoms with Crippen LogP contribution in [0.25, 0.3) is 0 Å². The highest BCUT2D eigenvalue weighted by molar-refractivity contribution is 7.11. The van der Waals surface area contributed by atoms with E-state index in [9.17, 15) is 4.79 Å². The molecular weight excluding hydrogens is 310 g/mol. The Labute approximate surface area is 139 Å². The molecule has 0 radical (unpaired) electrons. The van der Waals surface area contributed by atoms with E-state index in [4.69, 9.17) is 4.74 Å². The molecule has 0 saturated carbocycles. The quantitative estimate of drug-likeness (QED) is 0.868. The third-order valence-corrected chi connectivity index (χ3v) is 5.73. The maximum atomic E-state index is 12.9. The standard InChI is InChI=1S/C17H19N3O2S/c1-11-16(23-10-19-11)17(21)20-12-2-3-13(20)9-15(8-12)22-14-4-6-18-7-5-14/h4-7,10,12-13,15H,2-3,8-9H2,1H3. The summed E-state index contributed by atoms with van der Waals surface area (Å²) in [5, 5.41) is 0. The molecular formula is C17H19N3O2S. The first-order valence-corrected chi connectivity index (χ1v) is 8.90. The topological polar surface area (TPSA) is 55.3 Å². The van der Waals surface area contributed by atoms with Gasteiger partial charge in [-0.15, -0.1) is 11.3 Å². The summed E-state index contributed by atoms with van der Waals surface area (Å²) >= 11 is 1.45. The van der Waals surface area contributed by atoms with Gasteiger partial charge in [-0.2, -0.15) is 0 Å². The molecule has 0 aliphatic carbocycles. The Balaban J connectivity index is 1.48. The predicted molar refractivity (Wildman–Crippen MR) is 87.7 cm³/mol. The number of thiazole rings is 1. The molecule has 0 N–H and O–H groups in total. The fourth-order valence-electron chi connectivity index (χ4n) is 3.79. The van der Waals surface area contributed by atoms with Crippen molar-refractivity contribution in [1.29, 1.82) is 0 Å². The van der Waals surface area contributed by atoms with Crippen molar-refractivity contribution in [3.63, 3.8) is 0 Å². The van der Waals surface area contributed by atoms with E-state index in [2.05, 4.69) is 14.9 Å². The first-order valence-electron chi connectivity index (χ1n) is 8.02. The van der Waals surface area contributed by atoms with Crippen molar-refractivity contribution in [2.45, 2.75) is 50.8 Å². The van der Waals surface area contributed by atoms with E-state index in [0.29, 0.717) is 0 Å².